The van der Waals surface area contributed by atoms with Crippen LogP contribution in [0.2, 0.25) is 0 Å². The first-order valence-electron chi connectivity index (χ1n) is 17.5. The summed E-state index contributed by atoms with van der Waals surface area (Å²) in [6.07, 6.45) is 10.4. The second-order valence-corrected chi connectivity index (χ2v) is 13.5. The van der Waals surface area contributed by atoms with Gasteiger partial charge < -0.3 is 24.4 Å². The third kappa shape index (κ3) is 7.09. The molecule has 270 valence electrons. The van der Waals surface area contributed by atoms with E-state index in [9.17, 15) is 14.0 Å². The Bertz CT molecular complexity index is 1990. The molecule has 14 heteroatoms. The zero-order valence-corrected chi connectivity index (χ0v) is 29.2. The second-order valence-electron chi connectivity index (χ2n) is 13.5. The molecule has 2 amide bonds. The molecule has 1 aromatic carbocycles. The number of piperazine rings is 1. The third-order valence-electron chi connectivity index (χ3n) is 10.2. The Morgan fingerprint density at radius 3 is 2.53 bits per heavy atom. The lowest BCUT2D eigenvalue weighted by molar-refractivity contribution is -0.131. The van der Waals surface area contributed by atoms with Crippen molar-refractivity contribution in [1.29, 1.82) is 0 Å². The van der Waals surface area contributed by atoms with Crippen molar-refractivity contribution in [3.63, 3.8) is 0 Å². The number of halogens is 2. The number of methoxy groups -OCH3 is 1. The molecule has 0 bridgehead atoms. The van der Waals surface area contributed by atoms with Gasteiger partial charge in [0.05, 0.1) is 31.6 Å². The van der Waals surface area contributed by atoms with Crippen LogP contribution in [0.25, 0.3) is 22.0 Å². The minimum atomic E-state index is -0.482. The quantitative estimate of drug-likeness (QED) is 0.264. The number of nitrogens with one attached hydrogen (secondary N) is 1. The summed E-state index contributed by atoms with van der Waals surface area (Å²) in [6.45, 7) is 9.06. The van der Waals surface area contributed by atoms with Gasteiger partial charge in [-0.15, -0.1) is 5.10 Å². The minimum Gasteiger partial charge on any atom is -0.493 e. The maximum absolute atomic E-state index is 16.7. The maximum Gasteiger partial charge on any atom is 0.270 e. The zero-order valence-electron chi connectivity index (χ0n) is 29.2. The number of ether oxygens (including phenoxy) is 1. The van der Waals surface area contributed by atoms with E-state index in [1.165, 1.54) is 13.2 Å². The molecule has 12 nitrogen and oxygen atoms in total. The topological polar surface area (TPSA) is 116 Å². The van der Waals surface area contributed by atoms with Crippen LogP contribution in [0.15, 0.2) is 48.9 Å². The van der Waals surface area contributed by atoms with Crippen LogP contribution in [-0.2, 0) is 11.3 Å². The summed E-state index contributed by atoms with van der Waals surface area (Å²) in [6, 6.07) is 5.39. The van der Waals surface area contributed by atoms with E-state index in [4.69, 9.17) is 4.74 Å². The number of rotatable bonds is 9. The number of pyridine rings is 1. The number of hydrogen-bond donors (Lipinski definition) is 1. The maximum atomic E-state index is 16.7. The summed E-state index contributed by atoms with van der Waals surface area (Å²) in [7, 11) is 1.47. The van der Waals surface area contributed by atoms with Crippen LogP contribution in [0.3, 0.4) is 0 Å². The van der Waals surface area contributed by atoms with Crippen molar-refractivity contribution < 1.29 is 24.5 Å². The number of carbonyl (C=O) groups is 2. The Balaban J connectivity index is 0.00000464. The number of aromatic amines is 1. The van der Waals surface area contributed by atoms with E-state index in [0.29, 0.717) is 86.5 Å². The average Bonchev–Trinajstić information content (AvgIpc) is 3.85. The summed E-state index contributed by atoms with van der Waals surface area (Å²) in [5.74, 6) is -0.297. The van der Waals surface area contributed by atoms with Crippen LogP contribution in [0.5, 0.6) is 5.75 Å². The summed E-state index contributed by atoms with van der Waals surface area (Å²) >= 11 is 0. The Morgan fingerprint density at radius 2 is 1.82 bits per heavy atom. The molecular weight excluding hydrogens is 656 g/mol. The molecular formula is C37H45F2N9O3. The number of nitrogens with zero attached hydrogens (tertiary/aromatic N) is 8. The Morgan fingerprint density at radius 1 is 1.00 bits per heavy atom. The highest BCUT2D eigenvalue weighted by Gasteiger charge is 2.29. The molecule has 0 atom stereocenters. The number of aryl methyl sites for hydroxylation is 1. The summed E-state index contributed by atoms with van der Waals surface area (Å²) < 4.78 is 37.4. The molecule has 0 radical (unpaired) electrons. The van der Waals surface area contributed by atoms with E-state index in [1.807, 2.05) is 17.0 Å². The molecule has 1 fully saturated rings. The van der Waals surface area contributed by atoms with Gasteiger partial charge in [0.15, 0.2) is 17.4 Å². The normalized spacial score (nSPS) is 17.3. The van der Waals surface area contributed by atoms with Crippen LogP contribution in [0, 0.1) is 11.6 Å². The van der Waals surface area contributed by atoms with E-state index in [2.05, 4.69) is 45.1 Å². The molecule has 0 unspecified atom stereocenters. The largest absolute Gasteiger partial charge is 0.493 e. The fourth-order valence-corrected chi connectivity index (χ4v) is 7.24. The molecule has 3 aliphatic rings. The number of benzene rings is 1. The van der Waals surface area contributed by atoms with Gasteiger partial charge in [-0.25, -0.2) is 13.8 Å². The van der Waals surface area contributed by atoms with Gasteiger partial charge in [0.25, 0.3) is 5.91 Å². The van der Waals surface area contributed by atoms with Crippen LogP contribution in [0.4, 0.5) is 14.6 Å². The SMILES string of the molecule is COc1cc(F)cnc1N1CCN(C(=O)c2cc3c(C4=CCN(C(C)C)CC4)cc(C4=CCCN(C(=O)CCn5ccnn5)C4)c(F)c3[nH]2)CC1.[HH]. The molecule has 0 saturated carbocycles. The van der Waals surface area contributed by atoms with Crippen molar-refractivity contribution in [3.05, 3.63) is 77.4 Å². The summed E-state index contributed by atoms with van der Waals surface area (Å²) in [4.78, 5) is 42.4. The fraction of sp³-hybridized carbons (Fsp3) is 0.432. The Labute approximate surface area is 296 Å². The van der Waals surface area contributed by atoms with Gasteiger partial charge in [0.1, 0.15) is 11.5 Å². The highest BCUT2D eigenvalue weighted by atomic mass is 19.1. The monoisotopic (exact) mass is 701 g/mol. The van der Waals surface area contributed by atoms with Crippen molar-refractivity contribution in [2.45, 2.75) is 45.7 Å². The highest BCUT2D eigenvalue weighted by molar-refractivity contribution is 6.03. The molecule has 1 N–H and O–H groups in total. The number of carbonyl (C=O) groups excluding carboxylic acids is 2. The smallest absolute Gasteiger partial charge is 0.270 e. The van der Waals surface area contributed by atoms with Gasteiger partial charge in [0, 0.05) is 89.5 Å². The van der Waals surface area contributed by atoms with E-state index in [1.54, 1.807) is 32.9 Å². The standard InChI is InChI=1S/C37H43F2N9O3.H2/c1-24(2)44-11-6-25(7-12-44)28-20-29(26-5-4-10-47(23-26)33(49)8-13-48-14-9-41-43-48)34(39)35-30(28)21-31(42-35)37(50)46-17-15-45(16-18-46)36-32(51-3)19-27(38)22-40-36;/h5-6,9,14,19-22,24,42H,4,7-8,10-13,15-18,23H2,1-3H3;1H. The molecule has 51 heavy (non-hydrogen) atoms. The lowest BCUT2D eigenvalue weighted by Crippen LogP contribution is -2.49. The molecule has 4 aromatic rings. The zero-order chi connectivity index (χ0) is 35.6. The van der Waals surface area contributed by atoms with E-state index >= 15 is 4.39 Å². The van der Waals surface area contributed by atoms with Crippen molar-refractivity contribution in [2.75, 3.05) is 64.4 Å². The minimum absolute atomic E-state index is 0. The number of anilines is 1. The molecule has 7 rings (SSSR count). The van der Waals surface area contributed by atoms with E-state index < -0.39 is 11.6 Å². The predicted octanol–water partition coefficient (Wildman–Crippen LogP) is 4.85. The molecule has 3 aliphatic heterocycles. The first kappa shape index (κ1) is 34.3. The lowest BCUT2D eigenvalue weighted by atomic mass is 9.90. The van der Waals surface area contributed by atoms with Gasteiger partial charge in [-0.3, -0.25) is 19.2 Å². The summed E-state index contributed by atoms with van der Waals surface area (Å²) in [5.41, 5.74) is 3.80. The molecule has 6 heterocycles. The first-order chi connectivity index (χ1) is 24.7. The van der Waals surface area contributed by atoms with Gasteiger partial charge >= 0.3 is 0 Å². The highest BCUT2D eigenvalue weighted by Crippen LogP contribution is 2.37. The fourth-order valence-electron chi connectivity index (χ4n) is 7.24. The van der Waals surface area contributed by atoms with E-state index in [0.717, 1.165) is 42.4 Å². The van der Waals surface area contributed by atoms with Crippen molar-refractivity contribution in [3.8, 4) is 5.75 Å². The number of amides is 2. The first-order valence-corrected chi connectivity index (χ1v) is 17.5. The van der Waals surface area contributed by atoms with Gasteiger partial charge in [-0.1, -0.05) is 17.4 Å². The molecule has 3 aromatic heterocycles. The molecule has 0 aliphatic carbocycles. The van der Waals surface area contributed by atoms with Crippen molar-refractivity contribution in [2.24, 2.45) is 0 Å². The molecule has 0 spiro atoms. The van der Waals surface area contributed by atoms with Crippen molar-refractivity contribution in [1.82, 2.24) is 39.7 Å². The van der Waals surface area contributed by atoms with Crippen LogP contribution in [-0.4, -0.2) is 117 Å². The lowest BCUT2D eigenvalue weighted by Gasteiger charge is -2.35. The van der Waals surface area contributed by atoms with E-state index in [-0.39, 0.29) is 25.2 Å². The van der Waals surface area contributed by atoms with Crippen molar-refractivity contribution >= 4 is 39.7 Å². The summed E-state index contributed by atoms with van der Waals surface area (Å²) in [5, 5.41) is 8.42. The number of aromatic nitrogens is 5. The average molecular weight is 702 g/mol. The number of H-pyrrole nitrogens is 1. The Kier molecular flexibility index (Phi) is 9.85. The van der Waals surface area contributed by atoms with Gasteiger partial charge in [-0.2, -0.15) is 0 Å². The number of fused-ring (bicyclic) bond motifs is 1. The predicted molar refractivity (Wildman–Crippen MR) is 192 cm³/mol. The van der Waals surface area contributed by atoms with Crippen LogP contribution in [0.1, 0.15) is 56.2 Å². The second kappa shape index (κ2) is 14.6. The van der Waals surface area contributed by atoms with Gasteiger partial charge in [-0.05, 0) is 55.5 Å². The third-order valence-corrected chi connectivity index (χ3v) is 10.2. The number of hydrogen-bond acceptors (Lipinski definition) is 8. The van der Waals surface area contributed by atoms with Crippen LogP contribution < -0.4 is 9.64 Å². The van der Waals surface area contributed by atoms with Gasteiger partial charge in [0.2, 0.25) is 5.91 Å². The molecule has 1 saturated heterocycles. The Hall–Kier alpha value is -5.11. The van der Waals surface area contributed by atoms with Crippen LogP contribution >= 0.6 is 0 Å².